The Morgan fingerprint density at radius 2 is 0.778 bits per heavy atom. The highest BCUT2D eigenvalue weighted by molar-refractivity contribution is 7.59. The maximum absolute atomic E-state index is 3.11. The molecule has 2 aliphatic rings. The normalized spacial score (nSPS) is 21.3. The Hall–Kier alpha value is 0.270. The van der Waals surface area contributed by atoms with Gasteiger partial charge in [-0.05, 0) is 39.0 Å². The molecule has 0 aromatic heterocycles. The van der Waals surface area contributed by atoms with E-state index < -0.39 is 0 Å². The molecule has 2 fully saturated rings. The maximum Gasteiger partial charge on any atom is -0.00368 e. The lowest BCUT2D eigenvalue weighted by molar-refractivity contribution is 0.527. The minimum atomic E-state index is 0. The molecule has 2 aliphatic heterocycles. The second-order valence-corrected chi connectivity index (χ2v) is 2.21. The molecule has 0 amide bonds. The largest absolute Gasteiger partial charge is 0.317 e. The molecule has 0 radical (unpaired) electrons. The Morgan fingerprint density at radius 1 is 0.667 bits per heavy atom. The van der Waals surface area contributed by atoms with Gasteiger partial charge in [0.2, 0.25) is 0 Å². The summed E-state index contributed by atoms with van der Waals surface area (Å²) in [6, 6.07) is 0. The molecule has 0 bridgehead atoms. The van der Waals surface area contributed by atoms with E-state index in [0.717, 1.165) is 0 Å². The number of rotatable bonds is 0. The summed E-state index contributed by atoms with van der Waals surface area (Å²) >= 11 is 0. The van der Waals surface area contributed by atoms with Gasteiger partial charge in [-0.15, -0.1) is 0 Å². The molecule has 3 heteroatoms. The average Bonchev–Trinajstić information content (AvgIpc) is 1.12. The summed E-state index contributed by atoms with van der Waals surface area (Å²) in [5, 5.41) is 6.22. The van der Waals surface area contributed by atoms with Gasteiger partial charge in [0.1, 0.15) is 0 Å². The lowest BCUT2D eigenvalue weighted by atomic mass is 10.3. The van der Waals surface area contributed by atoms with Gasteiger partial charge in [0, 0.05) is 0 Å². The van der Waals surface area contributed by atoms with Gasteiger partial charge in [0.05, 0.1) is 0 Å². The van der Waals surface area contributed by atoms with Crippen molar-refractivity contribution >= 4 is 13.5 Å². The van der Waals surface area contributed by atoms with E-state index in [4.69, 9.17) is 0 Å². The minimum Gasteiger partial charge on any atom is -0.317 e. The van der Waals surface area contributed by atoms with Crippen LogP contribution in [0.15, 0.2) is 0 Å². The van der Waals surface area contributed by atoms with Gasteiger partial charge in [-0.3, -0.25) is 0 Å². The second kappa shape index (κ2) is 6.39. The van der Waals surface area contributed by atoms with Gasteiger partial charge in [-0.2, -0.15) is 13.5 Å². The van der Waals surface area contributed by atoms with E-state index in [2.05, 4.69) is 10.6 Å². The summed E-state index contributed by atoms with van der Waals surface area (Å²) in [5.74, 6) is 0. The summed E-state index contributed by atoms with van der Waals surface area (Å²) < 4.78 is 0. The fourth-order valence-corrected chi connectivity index (χ4v) is 0.354. The third-order valence-corrected chi connectivity index (χ3v) is 1.41. The fourth-order valence-electron chi connectivity index (χ4n) is 0.354. The van der Waals surface area contributed by atoms with Crippen molar-refractivity contribution in [3.05, 3.63) is 0 Å². The van der Waals surface area contributed by atoms with Crippen LogP contribution in [0.4, 0.5) is 0 Å². The first kappa shape index (κ1) is 9.27. The molecule has 2 saturated heterocycles. The van der Waals surface area contributed by atoms with Crippen molar-refractivity contribution in [1.82, 2.24) is 10.6 Å². The van der Waals surface area contributed by atoms with Crippen LogP contribution in [-0.4, -0.2) is 26.2 Å². The number of nitrogens with one attached hydrogen (secondary N) is 2. The van der Waals surface area contributed by atoms with E-state index >= 15 is 0 Å². The van der Waals surface area contributed by atoms with Gasteiger partial charge in [0.15, 0.2) is 0 Å². The van der Waals surface area contributed by atoms with Crippen LogP contribution in [0.1, 0.15) is 12.8 Å². The third-order valence-electron chi connectivity index (χ3n) is 1.41. The molecule has 0 unspecified atom stereocenters. The molecular weight excluding hydrogens is 132 g/mol. The van der Waals surface area contributed by atoms with Crippen molar-refractivity contribution in [3.63, 3.8) is 0 Å². The summed E-state index contributed by atoms with van der Waals surface area (Å²) in [6.07, 6.45) is 2.78. The Kier molecular flexibility index (Phi) is 6.58. The van der Waals surface area contributed by atoms with Gasteiger partial charge in [-0.25, -0.2) is 0 Å². The van der Waals surface area contributed by atoms with E-state index in [-0.39, 0.29) is 13.5 Å². The van der Waals surface area contributed by atoms with E-state index in [0.29, 0.717) is 0 Å². The lowest BCUT2D eigenvalue weighted by Crippen LogP contribution is -2.29. The van der Waals surface area contributed by atoms with Crippen molar-refractivity contribution in [2.75, 3.05) is 26.2 Å². The third kappa shape index (κ3) is 4.75. The Balaban J connectivity index is 0.000000128. The van der Waals surface area contributed by atoms with Crippen molar-refractivity contribution in [2.45, 2.75) is 12.8 Å². The molecular formula is C6H16N2S. The van der Waals surface area contributed by atoms with Gasteiger partial charge in [0.25, 0.3) is 0 Å². The highest BCUT2D eigenvalue weighted by Gasteiger charge is 1.92. The van der Waals surface area contributed by atoms with Crippen LogP contribution in [-0.2, 0) is 0 Å². The molecule has 2 N–H and O–H groups in total. The fraction of sp³-hybridized carbons (Fsp3) is 1.00. The molecule has 0 aromatic carbocycles. The first-order chi connectivity index (χ1) is 4.00. The Morgan fingerprint density at radius 3 is 0.778 bits per heavy atom. The van der Waals surface area contributed by atoms with E-state index in [1.807, 2.05) is 0 Å². The molecule has 2 rings (SSSR count). The molecule has 56 valence electrons. The first-order valence-corrected chi connectivity index (χ1v) is 3.41. The number of hydrogen-bond acceptors (Lipinski definition) is 2. The van der Waals surface area contributed by atoms with Gasteiger partial charge >= 0.3 is 0 Å². The minimum absolute atomic E-state index is 0. The van der Waals surface area contributed by atoms with Crippen LogP contribution in [0, 0.1) is 0 Å². The molecule has 0 atom stereocenters. The standard InChI is InChI=1S/2C3H7N.H2S/c2*1-2-4-3-1;/h2*4H,1-3H2;1H2. The highest BCUT2D eigenvalue weighted by Crippen LogP contribution is 1.81. The molecule has 9 heavy (non-hydrogen) atoms. The lowest BCUT2D eigenvalue weighted by Gasteiger charge is -2.09. The van der Waals surface area contributed by atoms with Gasteiger partial charge in [-0.1, -0.05) is 0 Å². The van der Waals surface area contributed by atoms with Crippen LogP contribution in [0.2, 0.25) is 0 Å². The van der Waals surface area contributed by atoms with Crippen LogP contribution >= 0.6 is 13.5 Å². The first-order valence-electron chi connectivity index (χ1n) is 3.41. The zero-order valence-electron chi connectivity index (χ0n) is 5.74. The van der Waals surface area contributed by atoms with Crippen LogP contribution < -0.4 is 10.6 Å². The monoisotopic (exact) mass is 148 g/mol. The molecule has 0 spiro atoms. The zero-order valence-corrected chi connectivity index (χ0v) is 6.74. The smallest absolute Gasteiger partial charge is 0.00368 e. The van der Waals surface area contributed by atoms with Crippen molar-refractivity contribution in [1.29, 1.82) is 0 Å². The Bertz CT molecular complexity index is 35.0. The molecule has 0 saturated carbocycles. The summed E-state index contributed by atoms with van der Waals surface area (Å²) in [7, 11) is 0. The molecule has 2 nitrogen and oxygen atoms in total. The average molecular weight is 148 g/mol. The van der Waals surface area contributed by atoms with Crippen molar-refractivity contribution < 1.29 is 0 Å². The zero-order chi connectivity index (χ0) is 5.66. The molecule has 2 heterocycles. The summed E-state index contributed by atoms with van der Waals surface area (Å²) in [6.45, 7) is 5.00. The van der Waals surface area contributed by atoms with Crippen LogP contribution in [0.25, 0.3) is 0 Å². The predicted octanol–water partition coefficient (Wildman–Crippen LogP) is 0.0722. The van der Waals surface area contributed by atoms with Crippen molar-refractivity contribution in [3.8, 4) is 0 Å². The molecule has 0 aliphatic carbocycles. The predicted molar refractivity (Wildman–Crippen MR) is 45.4 cm³/mol. The van der Waals surface area contributed by atoms with E-state index in [1.165, 1.54) is 39.0 Å². The van der Waals surface area contributed by atoms with Crippen molar-refractivity contribution in [2.24, 2.45) is 0 Å². The van der Waals surface area contributed by atoms with Crippen LogP contribution in [0.5, 0.6) is 0 Å². The van der Waals surface area contributed by atoms with Crippen LogP contribution in [0.3, 0.4) is 0 Å². The van der Waals surface area contributed by atoms with E-state index in [1.54, 1.807) is 0 Å². The van der Waals surface area contributed by atoms with Gasteiger partial charge < -0.3 is 10.6 Å². The second-order valence-electron chi connectivity index (χ2n) is 2.21. The highest BCUT2D eigenvalue weighted by atomic mass is 32.1. The Labute approximate surface area is 63.9 Å². The van der Waals surface area contributed by atoms with E-state index in [9.17, 15) is 0 Å². The topological polar surface area (TPSA) is 24.1 Å². The molecule has 0 aromatic rings. The quantitative estimate of drug-likeness (QED) is 0.508. The maximum atomic E-state index is 3.11. The summed E-state index contributed by atoms with van der Waals surface area (Å²) in [4.78, 5) is 0. The SMILES string of the molecule is C1CNC1.C1CNC1.S. The summed E-state index contributed by atoms with van der Waals surface area (Å²) in [5.41, 5.74) is 0. The number of hydrogen-bond donors (Lipinski definition) is 2.